The van der Waals surface area contributed by atoms with E-state index < -0.39 is 8.07 Å². The Bertz CT molecular complexity index is 856. The van der Waals surface area contributed by atoms with Crippen molar-refractivity contribution in [2.45, 2.75) is 19.6 Å². The van der Waals surface area contributed by atoms with Crippen LogP contribution in [0.4, 0.5) is 0 Å². The normalized spacial score (nSPS) is 10.8. The fourth-order valence-corrected chi connectivity index (χ4v) is 3.01. The second-order valence-electron chi connectivity index (χ2n) is 7.02. The van der Waals surface area contributed by atoms with E-state index in [2.05, 4.69) is 104 Å². The molecule has 0 heterocycles. The zero-order valence-corrected chi connectivity index (χ0v) is 15.5. The van der Waals surface area contributed by atoms with Crippen LogP contribution in [0.25, 0.3) is 22.3 Å². The van der Waals surface area contributed by atoms with Crippen LogP contribution in [-0.2, 0) is 0 Å². The molecule has 1 heteroatoms. The lowest BCUT2D eigenvalue weighted by atomic mass is 10.00. The Balaban J connectivity index is 1.81. The lowest BCUT2D eigenvalue weighted by Gasteiger charge is -2.06. The van der Waals surface area contributed by atoms with Gasteiger partial charge in [-0.2, -0.15) is 0 Å². The van der Waals surface area contributed by atoms with Crippen LogP contribution in [0.5, 0.6) is 0 Å². The molecule has 0 unspecified atom stereocenters. The van der Waals surface area contributed by atoms with E-state index in [1.807, 2.05) is 6.07 Å². The van der Waals surface area contributed by atoms with Gasteiger partial charge < -0.3 is 0 Å². The van der Waals surface area contributed by atoms with E-state index in [1.54, 1.807) is 0 Å². The highest BCUT2D eigenvalue weighted by Crippen LogP contribution is 2.24. The molecule has 0 aliphatic carbocycles. The van der Waals surface area contributed by atoms with E-state index in [0.717, 1.165) is 5.56 Å². The van der Waals surface area contributed by atoms with Crippen LogP contribution >= 0.6 is 0 Å². The summed E-state index contributed by atoms with van der Waals surface area (Å²) in [5.41, 5.74) is 9.47. The van der Waals surface area contributed by atoms with E-state index in [9.17, 15) is 0 Å². The molecule has 0 N–H and O–H groups in total. The summed E-state index contributed by atoms with van der Waals surface area (Å²) < 4.78 is 0. The molecule has 0 atom stereocenters. The molecule has 0 aliphatic heterocycles. The Morgan fingerprint density at radius 3 is 1.42 bits per heavy atom. The van der Waals surface area contributed by atoms with Gasteiger partial charge in [0, 0.05) is 5.56 Å². The quantitative estimate of drug-likeness (QED) is 0.386. The van der Waals surface area contributed by atoms with Crippen LogP contribution in [0.3, 0.4) is 0 Å². The maximum atomic E-state index is 3.41. The van der Waals surface area contributed by atoms with Crippen molar-refractivity contribution in [3.8, 4) is 33.7 Å². The average Bonchev–Trinajstić information content (AvgIpc) is 2.61. The first-order valence-corrected chi connectivity index (χ1v) is 11.8. The Kier molecular flexibility index (Phi) is 4.69. The zero-order valence-electron chi connectivity index (χ0n) is 14.5. The van der Waals surface area contributed by atoms with Crippen LogP contribution in [-0.4, -0.2) is 8.07 Å². The van der Waals surface area contributed by atoms with Crippen molar-refractivity contribution >= 4 is 8.07 Å². The molecular weight excluding hydrogens is 304 g/mol. The van der Waals surface area contributed by atoms with Crippen molar-refractivity contribution in [1.82, 2.24) is 0 Å². The third kappa shape index (κ3) is 4.25. The molecule has 0 radical (unpaired) electrons. The Morgan fingerprint density at radius 2 is 0.958 bits per heavy atom. The molecule has 3 aromatic rings. The van der Waals surface area contributed by atoms with Gasteiger partial charge in [0.25, 0.3) is 0 Å². The van der Waals surface area contributed by atoms with Crippen molar-refractivity contribution in [2.75, 3.05) is 0 Å². The van der Waals surface area contributed by atoms with Gasteiger partial charge in [-0.3, -0.25) is 0 Å². The molecule has 0 fully saturated rings. The van der Waals surface area contributed by atoms with Gasteiger partial charge in [-0.25, -0.2) is 0 Å². The molecule has 0 aromatic heterocycles. The molecule has 3 aromatic carbocycles. The summed E-state index contributed by atoms with van der Waals surface area (Å²) in [7, 11) is -1.32. The van der Waals surface area contributed by atoms with Gasteiger partial charge >= 0.3 is 0 Å². The minimum absolute atomic E-state index is 1.10. The van der Waals surface area contributed by atoms with Crippen LogP contribution in [0.1, 0.15) is 5.56 Å². The summed E-state index contributed by atoms with van der Waals surface area (Å²) in [5.74, 6) is 3.31. The molecule has 3 rings (SSSR count). The maximum Gasteiger partial charge on any atom is 0.129 e. The van der Waals surface area contributed by atoms with Crippen LogP contribution in [0.15, 0.2) is 78.9 Å². The predicted octanol–water partition coefficient (Wildman–Crippen LogP) is 6.25. The molecule has 0 amide bonds. The molecule has 0 nitrogen and oxygen atoms in total. The highest BCUT2D eigenvalue weighted by molar-refractivity contribution is 6.83. The fraction of sp³-hybridized carbons (Fsp3) is 0.130. The summed E-state index contributed by atoms with van der Waals surface area (Å²) >= 11 is 0. The monoisotopic (exact) mass is 326 g/mol. The van der Waals surface area contributed by atoms with E-state index >= 15 is 0 Å². The minimum atomic E-state index is -1.32. The van der Waals surface area contributed by atoms with Gasteiger partial charge in [0.1, 0.15) is 8.07 Å². The summed E-state index contributed by atoms with van der Waals surface area (Å²) in [4.78, 5) is 0. The van der Waals surface area contributed by atoms with Gasteiger partial charge in [0.05, 0.1) is 0 Å². The maximum absolute atomic E-state index is 3.41. The number of rotatable bonds is 2. The van der Waals surface area contributed by atoms with Gasteiger partial charge in [0.15, 0.2) is 0 Å². The lowest BCUT2D eigenvalue weighted by molar-refractivity contribution is 1.58. The van der Waals surface area contributed by atoms with Crippen LogP contribution in [0.2, 0.25) is 19.6 Å². The average molecular weight is 327 g/mol. The molecule has 0 saturated carbocycles. The van der Waals surface area contributed by atoms with Crippen molar-refractivity contribution in [2.24, 2.45) is 0 Å². The standard InChI is InChI=1S/C23H22Si/c1-24(2,3)18-17-19-9-11-21(12-10-19)23-15-13-22(14-16-23)20-7-5-4-6-8-20/h4-16H,1-3H3. The van der Waals surface area contributed by atoms with Gasteiger partial charge in [-0.15, -0.1) is 5.54 Å². The van der Waals surface area contributed by atoms with E-state index in [4.69, 9.17) is 0 Å². The van der Waals surface area contributed by atoms with Crippen molar-refractivity contribution < 1.29 is 0 Å². The van der Waals surface area contributed by atoms with Gasteiger partial charge in [-0.1, -0.05) is 92.3 Å². The minimum Gasteiger partial charge on any atom is -0.127 e. The largest absolute Gasteiger partial charge is 0.129 e. The first-order chi connectivity index (χ1) is 11.5. The number of hydrogen-bond acceptors (Lipinski definition) is 0. The van der Waals surface area contributed by atoms with Crippen molar-refractivity contribution in [3.05, 3.63) is 84.4 Å². The third-order valence-electron chi connectivity index (χ3n) is 3.79. The summed E-state index contributed by atoms with van der Waals surface area (Å²) in [6.07, 6.45) is 0. The second-order valence-corrected chi connectivity index (χ2v) is 11.8. The second kappa shape index (κ2) is 6.91. The topological polar surface area (TPSA) is 0 Å². The Labute approximate surface area is 146 Å². The molecular formula is C23H22Si. The summed E-state index contributed by atoms with van der Waals surface area (Å²) in [6.45, 7) is 6.80. The summed E-state index contributed by atoms with van der Waals surface area (Å²) in [5, 5.41) is 0. The van der Waals surface area contributed by atoms with Gasteiger partial charge in [0.2, 0.25) is 0 Å². The fourth-order valence-electron chi connectivity index (χ4n) is 2.49. The summed E-state index contributed by atoms with van der Waals surface area (Å²) in [6, 6.07) is 27.8. The van der Waals surface area contributed by atoms with E-state index in [1.165, 1.54) is 22.3 Å². The molecule has 0 spiro atoms. The highest BCUT2D eigenvalue weighted by Gasteiger charge is 2.07. The molecule has 0 saturated heterocycles. The number of hydrogen-bond donors (Lipinski definition) is 0. The van der Waals surface area contributed by atoms with Gasteiger partial charge in [-0.05, 0) is 34.4 Å². The highest BCUT2D eigenvalue weighted by atomic mass is 28.3. The molecule has 24 heavy (non-hydrogen) atoms. The lowest BCUT2D eigenvalue weighted by Crippen LogP contribution is -2.16. The SMILES string of the molecule is C[Si](C)(C)C#Cc1ccc(-c2ccc(-c3ccccc3)cc2)cc1. The van der Waals surface area contributed by atoms with Crippen LogP contribution in [0, 0.1) is 11.5 Å². The zero-order chi connectivity index (χ0) is 17.0. The molecule has 0 aliphatic rings. The van der Waals surface area contributed by atoms with E-state index in [-0.39, 0.29) is 0 Å². The Hall–Kier alpha value is -2.56. The number of benzene rings is 3. The van der Waals surface area contributed by atoms with E-state index in [0.29, 0.717) is 0 Å². The van der Waals surface area contributed by atoms with Crippen molar-refractivity contribution in [1.29, 1.82) is 0 Å². The smallest absolute Gasteiger partial charge is 0.127 e. The first-order valence-electron chi connectivity index (χ1n) is 8.30. The van der Waals surface area contributed by atoms with Crippen molar-refractivity contribution in [3.63, 3.8) is 0 Å². The molecule has 0 bridgehead atoms. The Morgan fingerprint density at radius 1 is 0.542 bits per heavy atom. The van der Waals surface area contributed by atoms with Crippen LogP contribution < -0.4 is 0 Å². The third-order valence-corrected chi connectivity index (χ3v) is 4.67. The predicted molar refractivity (Wildman–Crippen MR) is 108 cm³/mol. The molecule has 118 valence electrons. The first kappa shape index (κ1) is 16.3.